The van der Waals surface area contributed by atoms with Crippen molar-refractivity contribution in [1.29, 1.82) is 0 Å². The third kappa shape index (κ3) is 2.38. The number of halogens is 3. The molecule has 0 aliphatic rings. The predicted octanol–water partition coefficient (Wildman–Crippen LogP) is 3.42. The second-order valence-electron chi connectivity index (χ2n) is 2.84. The molecule has 0 saturated carbocycles. The lowest BCUT2D eigenvalue weighted by molar-refractivity contribution is 0.0591. The number of ketones is 1. The van der Waals surface area contributed by atoms with Crippen molar-refractivity contribution in [3.63, 3.8) is 0 Å². The highest BCUT2D eigenvalue weighted by atomic mass is 79.9. The molecule has 0 fully saturated rings. The van der Waals surface area contributed by atoms with Crippen LogP contribution in [0.4, 0.5) is 8.78 Å². The second-order valence-corrected chi connectivity index (χ2v) is 3.83. The highest BCUT2D eigenvalue weighted by molar-refractivity contribution is 9.10. The van der Waals surface area contributed by atoms with Crippen LogP contribution < -0.4 is 0 Å². The van der Waals surface area contributed by atoms with Gasteiger partial charge in [-0.05, 0) is 27.9 Å². The van der Waals surface area contributed by atoms with Crippen molar-refractivity contribution >= 4 is 21.7 Å². The Labute approximate surface area is 89.3 Å². The Morgan fingerprint density at radius 3 is 2.50 bits per heavy atom. The number of carbonyl (C=O) groups excluding carboxylic acids is 1. The van der Waals surface area contributed by atoms with E-state index in [9.17, 15) is 13.6 Å². The molecule has 0 bridgehead atoms. The molecule has 0 aliphatic carbocycles. The SMILES string of the molecule is CCc1ccccc1C(=O)C(F)(F)Br. The van der Waals surface area contributed by atoms with Gasteiger partial charge in [0.2, 0.25) is 5.78 Å². The smallest absolute Gasteiger partial charge is 0.286 e. The van der Waals surface area contributed by atoms with Gasteiger partial charge in [0.15, 0.2) is 0 Å². The molecule has 1 aromatic rings. The van der Waals surface area contributed by atoms with E-state index in [-0.39, 0.29) is 5.56 Å². The Bertz CT molecular complexity index is 344. The summed E-state index contributed by atoms with van der Waals surface area (Å²) in [5, 5.41) is 0. The van der Waals surface area contributed by atoms with E-state index in [0.717, 1.165) is 0 Å². The molecule has 0 saturated heterocycles. The summed E-state index contributed by atoms with van der Waals surface area (Å²) in [7, 11) is 0. The number of aryl methyl sites for hydroxylation is 1. The van der Waals surface area contributed by atoms with Gasteiger partial charge in [-0.2, -0.15) is 8.78 Å². The second kappa shape index (κ2) is 4.17. The van der Waals surface area contributed by atoms with Crippen LogP contribution in [0.25, 0.3) is 0 Å². The third-order valence-electron chi connectivity index (χ3n) is 1.90. The standard InChI is InChI=1S/C10H9BrF2O/c1-2-7-5-3-4-6-8(7)9(14)10(11,12)13/h3-6H,2H2,1H3. The zero-order valence-corrected chi connectivity index (χ0v) is 9.14. The molecule has 4 heteroatoms. The van der Waals surface area contributed by atoms with Crippen molar-refractivity contribution < 1.29 is 13.6 Å². The molecular weight excluding hydrogens is 254 g/mol. The normalized spacial score (nSPS) is 11.4. The van der Waals surface area contributed by atoms with Gasteiger partial charge in [-0.3, -0.25) is 4.79 Å². The monoisotopic (exact) mass is 262 g/mol. The number of benzene rings is 1. The van der Waals surface area contributed by atoms with Crippen molar-refractivity contribution in [3.05, 3.63) is 35.4 Å². The molecule has 0 radical (unpaired) electrons. The van der Waals surface area contributed by atoms with Crippen LogP contribution in [0.3, 0.4) is 0 Å². The fourth-order valence-corrected chi connectivity index (χ4v) is 1.42. The molecule has 1 nitrogen and oxygen atoms in total. The molecule has 0 spiro atoms. The molecule has 0 N–H and O–H groups in total. The fraction of sp³-hybridized carbons (Fsp3) is 0.300. The maximum absolute atomic E-state index is 12.7. The van der Waals surface area contributed by atoms with Crippen LogP contribution >= 0.6 is 15.9 Å². The third-order valence-corrected chi connectivity index (χ3v) is 2.26. The lowest BCUT2D eigenvalue weighted by Crippen LogP contribution is -2.22. The van der Waals surface area contributed by atoms with Gasteiger partial charge in [-0.15, -0.1) is 0 Å². The van der Waals surface area contributed by atoms with Gasteiger partial charge in [0.25, 0.3) is 0 Å². The molecular formula is C10H9BrF2O. The maximum atomic E-state index is 12.7. The van der Waals surface area contributed by atoms with Crippen molar-refractivity contribution in [2.24, 2.45) is 0 Å². The largest absolute Gasteiger partial charge is 0.363 e. The van der Waals surface area contributed by atoms with Gasteiger partial charge < -0.3 is 0 Å². The van der Waals surface area contributed by atoms with Gasteiger partial charge >= 0.3 is 4.83 Å². The van der Waals surface area contributed by atoms with Crippen molar-refractivity contribution in [2.45, 2.75) is 18.2 Å². The van der Waals surface area contributed by atoms with E-state index in [1.54, 1.807) is 18.2 Å². The van der Waals surface area contributed by atoms with Crippen LogP contribution in [-0.2, 0) is 6.42 Å². The molecule has 0 heterocycles. The summed E-state index contributed by atoms with van der Waals surface area (Å²) in [4.78, 5) is 7.78. The summed E-state index contributed by atoms with van der Waals surface area (Å²) < 4.78 is 25.4. The summed E-state index contributed by atoms with van der Waals surface area (Å²) in [6, 6.07) is 6.38. The van der Waals surface area contributed by atoms with Gasteiger partial charge in [-0.1, -0.05) is 31.2 Å². The number of carbonyl (C=O) groups is 1. The molecule has 0 aliphatic heterocycles. The Hall–Kier alpha value is -0.770. The predicted molar refractivity (Wildman–Crippen MR) is 54.0 cm³/mol. The minimum absolute atomic E-state index is 0.0804. The zero-order chi connectivity index (χ0) is 10.8. The average molecular weight is 263 g/mol. The summed E-state index contributed by atoms with van der Waals surface area (Å²) in [5.74, 6) is -1.19. The highest BCUT2D eigenvalue weighted by Gasteiger charge is 2.36. The van der Waals surface area contributed by atoms with Crippen molar-refractivity contribution in [2.75, 3.05) is 0 Å². The Kier molecular flexibility index (Phi) is 3.37. The number of hydrogen-bond donors (Lipinski definition) is 0. The van der Waals surface area contributed by atoms with Crippen LogP contribution in [0.1, 0.15) is 22.8 Å². The topological polar surface area (TPSA) is 17.1 Å². The van der Waals surface area contributed by atoms with E-state index in [2.05, 4.69) is 15.9 Å². The zero-order valence-electron chi connectivity index (χ0n) is 7.56. The van der Waals surface area contributed by atoms with Crippen molar-refractivity contribution in [3.8, 4) is 0 Å². The number of hydrogen-bond acceptors (Lipinski definition) is 1. The van der Waals surface area contributed by atoms with E-state index >= 15 is 0 Å². The average Bonchev–Trinajstić information content (AvgIpc) is 2.15. The summed E-state index contributed by atoms with van der Waals surface area (Å²) in [6.07, 6.45) is 0.561. The highest BCUT2D eigenvalue weighted by Crippen LogP contribution is 2.28. The van der Waals surface area contributed by atoms with Crippen LogP contribution in [0.2, 0.25) is 0 Å². The van der Waals surface area contributed by atoms with Crippen LogP contribution in [0.15, 0.2) is 24.3 Å². The number of rotatable bonds is 3. The first-order chi connectivity index (χ1) is 6.46. The first-order valence-corrected chi connectivity index (χ1v) is 4.95. The first kappa shape index (κ1) is 11.3. The molecule has 0 atom stereocenters. The van der Waals surface area contributed by atoms with E-state index in [0.29, 0.717) is 12.0 Å². The van der Waals surface area contributed by atoms with E-state index in [4.69, 9.17) is 0 Å². The van der Waals surface area contributed by atoms with E-state index in [1.165, 1.54) is 6.07 Å². The van der Waals surface area contributed by atoms with Crippen molar-refractivity contribution in [1.82, 2.24) is 0 Å². The number of alkyl halides is 3. The van der Waals surface area contributed by atoms with Gasteiger partial charge in [0.1, 0.15) is 0 Å². The Morgan fingerprint density at radius 1 is 1.43 bits per heavy atom. The Balaban J connectivity index is 3.13. The van der Waals surface area contributed by atoms with Gasteiger partial charge in [0, 0.05) is 5.56 Å². The van der Waals surface area contributed by atoms with Crippen LogP contribution in [-0.4, -0.2) is 10.6 Å². The summed E-state index contributed by atoms with van der Waals surface area (Å²) in [6.45, 7) is 1.82. The minimum Gasteiger partial charge on any atom is -0.286 e. The van der Waals surface area contributed by atoms with Crippen LogP contribution in [0, 0.1) is 0 Å². The van der Waals surface area contributed by atoms with E-state index in [1.807, 2.05) is 6.92 Å². The lowest BCUT2D eigenvalue weighted by atomic mass is 10.0. The molecule has 76 valence electrons. The molecule has 0 aromatic heterocycles. The van der Waals surface area contributed by atoms with Gasteiger partial charge in [0.05, 0.1) is 0 Å². The molecule has 1 aromatic carbocycles. The summed E-state index contributed by atoms with van der Waals surface area (Å²) >= 11 is 2.06. The summed E-state index contributed by atoms with van der Waals surface area (Å²) in [5.41, 5.74) is 0.716. The maximum Gasteiger partial charge on any atom is 0.363 e. The number of Topliss-reactive ketones (excluding diaryl/α,β-unsaturated/α-hetero) is 1. The minimum atomic E-state index is -3.47. The van der Waals surface area contributed by atoms with Crippen LogP contribution in [0.5, 0.6) is 0 Å². The fourth-order valence-electron chi connectivity index (χ4n) is 1.20. The molecule has 0 unspecified atom stereocenters. The van der Waals surface area contributed by atoms with E-state index < -0.39 is 10.6 Å². The molecule has 1 rings (SSSR count). The lowest BCUT2D eigenvalue weighted by Gasteiger charge is -2.10. The molecule has 14 heavy (non-hydrogen) atoms. The Morgan fingerprint density at radius 2 is 2.00 bits per heavy atom. The quantitative estimate of drug-likeness (QED) is 0.603. The van der Waals surface area contributed by atoms with Gasteiger partial charge in [-0.25, -0.2) is 0 Å². The first-order valence-electron chi connectivity index (χ1n) is 4.16. The molecule has 0 amide bonds.